The largest absolute Gasteiger partial charge is 0.317 e. The van der Waals surface area contributed by atoms with E-state index >= 15 is 0 Å². The van der Waals surface area contributed by atoms with Crippen LogP contribution < -0.4 is 4.80 Å². The third kappa shape index (κ3) is 3.79. The minimum absolute atomic E-state index is 0.277. The SMILES string of the molecule is CCn1c(=NC(=O)C2CCCCN2S(=O)(=O)c2cccs2)sc2cc(C)c(C)cc21. The second kappa shape index (κ2) is 8.37. The molecule has 1 aliphatic rings. The molecule has 1 saturated heterocycles. The summed E-state index contributed by atoms with van der Waals surface area (Å²) in [7, 11) is -3.69. The van der Waals surface area contributed by atoms with Crippen molar-refractivity contribution < 1.29 is 13.2 Å². The summed E-state index contributed by atoms with van der Waals surface area (Å²) in [5.41, 5.74) is 3.45. The molecular weight excluding hydrogens is 438 g/mol. The number of hydrogen-bond acceptors (Lipinski definition) is 5. The highest BCUT2D eigenvalue weighted by molar-refractivity contribution is 7.91. The van der Waals surface area contributed by atoms with Gasteiger partial charge in [-0.3, -0.25) is 4.79 Å². The van der Waals surface area contributed by atoms with Crippen molar-refractivity contribution in [3.05, 3.63) is 45.6 Å². The highest BCUT2D eigenvalue weighted by Crippen LogP contribution is 2.28. The fourth-order valence-electron chi connectivity index (χ4n) is 3.85. The normalized spacial score (nSPS) is 18.9. The number of carbonyl (C=O) groups is 1. The maximum Gasteiger partial charge on any atom is 0.266 e. The molecule has 160 valence electrons. The van der Waals surface area contributed by atoms with Gasteiger partial charge in [-0.05, 0) is 68.3 Å². The van der Waals surface area contributed by atoms with Crippen LogP contribution in [0, 0.1) is 13.8 Å². The van der Waals surface area contributed by atoms with Gasteiger partial charge in [-0.15, -0.1) is 11.3 Å². The molecule has 1 amide bonds. The molecule has 0 radical (unpaired) electrons. The molecule has 9 heteroatoms. The predicted octanol–water partition coefficient (Wildman–Crippen LogP) is 4.07. The quantitative estimate of drug-likeness (QED) is 0.585. The average Bonchev–Trinajstić information content (AvgIpc) is 3.37. The summed E-state index contributed by atoms with van der Waals surface area (Å²) in [5.74, 6) is -0.378. The lowest BCUT2D eigenvalue weighted by Gasteiger charge is -2.31. The molecule has 0 spiro atoms. The molecule has 1 atom stereocenters. The van der Waals surface area contributed by atoms with Crippen LogP contribution in [0.15, 0.2) is 38.8 Å². The van der Waals surface area contributed by atoms with Crippen molar-refractivity contribution in [1.29, 1.82) is 0 Å². The van der Waals surface area contributed by atoms with Gasteiger partial charge in [-0.2, -0.15) is 9.30 Å². The molecule has 4 rings (SSSR count). The van der Waals surface area contributed by atoms with E-state index in [4.69, 9.17) is 0 Å². The monoisotopic (exact) mass is 463 g/mol. The van der Waals surface area contributed by atoms with E-state index in [0.29, 0.717) is 24.3 Å². The molecule has 1 fully saturated rings. The zero-order chi connectivity index (χ0) is 21.5. The lowest BCUT2D eigenvalue weighted by Crippen LogP contribution is -2.47. The average molecular weight is 464 g/mol. The Morgan fingerprint density at radius 1 is 1.23 bits per heavy atom. The lowest BCUT2D eigenvalue weighted by molar-refractivity contribution is -0.122. The van der Waals surface area contributed by atoms with Gasteiger partial charge in [-0.1, -0.05) is 23.8 Å². The number of thiazole rings is 1. The highest BCUT2D eigenvalue weighted by Gasteiger charge is 2.38. The number of benzene rings is 1. The van der Waals surface area contributed by atoms with Gasteiger partial charge in [0.2, 0.25) is 0 Å². The van der Waals surface area contributed by atoms with E-state index in [0.717, 1.165) is 23.1 Å². The number of sulfonamides is 1. The number of amides is 1. The Bertz CT molecular complexity index is 1250. The Morgan fingerprint density at radius 2 is 2.00 bits per heavy atom. The molecule has 3 aromatic rings. The molecule has 1 aromatic carbocycles. The molecule has 0 bridgehead atoms. The number of nitrogens with zero attached hydrogens (tertiary/aromatic N) is 3. The molecule has 2 aromatic heterocycles. The number of hydrogen-bond donors (Lipinski definition) is 0. The van der Waals surface area contributed by atoms with Crippen LogP contribution in [0.2, 0.25) is 0 Å². The van der Waals surface area contributed by atoms with Crippen LogP contribution in [0.1, 0.15) is 37.3 Å². The number of fused-ring (bicyclic) bond motifs is 1. The van der Waals surface area contributed by atoms with Crippen LogP contribution in [-0.4, -0.2) is 35.8 Å². The fourth-order valence-corrected chi connectivity index (χ4v) is 7.80. The van der Waals surface area contributed by atoms with Crippen molar-refractivity contribution in [1.82, 2.24) is 8.87 Å². The Labute approximate surface area is 184 Å². The van der Waals surface area contributed by atoms with Gasteiger partial charge >= 0.3 is 0 Å². The van der Waals surface area contributed by atoms with Crippen LogP contribution in [-0.2, 0) is 21.4 Å². The number of piperidine rings is 1. The van der Waals surface area contributed by atoms with Crippen LogP contribution in [0.3, 0.4) is 0 Å². The van der Waals surface area contributed by atoms with Gasteiger partial charge < -0.3 is 4.57 Å². The number of rotatable bonds is 4. The van der Waals surface area contributed by atoms with Gasteiger partial charge in [0.1, 0.15) is 10.3 Å². The van der Waals surface area contributed by atoms with Crippen molar-refractivity contribution in [3.8, 4) is 0 Å². The summed E-state index contributed by atoms with van der Waals surface area (Å²) in [5, 5.41) is 1.74. The van der Waals surface area contributed by atoms with Crippen molar-refractivity contribution in [2.24, 2.45) is 4.99 Å². The summed E-state index contributed by atoms with van der Waals surface area (Å²) in [6.45, 7) is 7.21. The van der Waals surface area contributed by atoms with E-state index in [1.807, 2.05) is 11.5 Å². The van der Waals surface area contributed by atoms with Gasteiger partial charge in [0.05, 0.1) is 10.2 Å². The standard InChI is InChI=1S/C21H25N3O3S3/c1-4-23-17-12-14(2)15(3)13-18(17)29-21(23)22-20(25)16-8-5-6-10-24(16)30(26,27)19-9-7-11-28-19/h7,9,11-13,16H,4-6,8,10H2,1-3H3. The van der Waals surface area contributed by atoms with Crippen LogP contribution in [0.4, 0.5) is 0 Å². The maximum atomic E-state index is 13.2. The van der Waals surface area contributed by atoms with Gasteiger partial charge in [-0.25, -0.2) is 8.42 Å². The van der Waals surface area contributed by atoms with Crippen LogP contribution in [0.5, 0.6) is 0 Å². The Hall–Kier alpha value is -1.81. The molecule has 6 nitrogen and oxygen atoms in total. The van der Waals surface area contributed by atoms with E-state index in [2.05, 4.69) is 31.0 Å². The Kier molecular flexibility index (Phi) is 5.98. The summed E-state index contributed by atoms with van der Waals surface area (Å²) >= 11 is 2.66. The molecule has 0 saturated carbocycles. The van der Waals surface area contributed by atoms with E-state index in [-0.39, 0.29) is 10.1 Å². The summed E-state index contributed by atoms with van der Waals surface area (Å²) in [4.78, 5) is 18.3. The minimum Gasteiger partial charge on any atom is -0.317 e. The minimum atomic E-state index is -3.69. The molecule has 1 unspecified atom stereocenters. The van der Waals surface area contributed by atoms with Crippen molar-refractivity contribution in [2.75, 3.05) is 6.54 Å². The van der Waals surface area contributed by atoms with E-state index in [1.165, 1.54) is 38.1 Å². The maximum absolute atomic E-state index is 13.2. The van der Waals surface area contributed by atoms with Gasteiger partial charge in [0.25, 0.3) is 15.9 Å². The summed E-state index contributed by atoms with van der Waals surface area (Å²) < 4.78 is 30.9. The molecule has 30 heavy (non-hydrogen) atoms. The Morgan fingerprint density at radius 3 is 2.70 bits per heavy atom. The smallest absolute Gasteiger partial charge is 0.266 e. The Balaban J connectivity index is 1.75. The van der Waals surface area contributed by atoms with Crippen LogP contribution >= 0.6 is 22.7 Å². The molecule has 3 heterocycles. The third-order valence-corrected chi connectivity index (χ3v) is 9.94. The lowest BCUT2D eigenvalue weighted by atomic mass is 10.0. The van der Waals surface area contributed by atoms with Gasteiger partial charge in [0, 0.05) is 13.1 Å². The highest BCUT2D eigenvalue weighted by atomic mass is 32.2. The first-order valence-corrected chi connectivity index (χ1v) is 13.2. The molecule has 0 N–H and O–H groups in total. The number of aromatic nitrogens is 1. The van der Waals surface area contributed by atoms with E-state index in [9.17, 15) is 13.2 Å². The predicted molar refractivity (Wildman–Crippen MR) is 121 cm³/mol. The second-order valence-corrected chi connectivity index (χ2v) is 11.6. The topological polar surface area (TPSA) is 71.7 Å². The zero-order valence-corrected chi connectivity index (χ0v) is 19.7. The van der Waals surface area contributed by atoms with Crippen molar-refractivity contribution >= 4 is 48.8 Å². The van der Waals surface area contributed by atoms with Crippen molar-refractivity contribution in [2.45, 2.75) is 56.8 Å². The molecule has 0 aliphatic carbocycles. The summed E-state index contributed by atoms with van der Waals surface area (Å²) in [6.07, 6.45) is 2.08. The zero-order valence-electron chi connectivity index (χ0n) is 17.3. The first-order valence-electron chi connectivity index (χ1n) is 10.1. The number of thiophene rings is 1. The first-order chi connectivity index (χ1) is 14.3. The summed E-state index contributed by atoms with van der Waals surface area (Å²) in [6, 6.07) is 6.81. The number of aryl methyl sites for hydroxylation is 3. The van der Waals surface area contributed by atoms with Crippen molar-refractivity contribution in [3.63, 3.8) is 0 Å². The van der Waals surface area contributed by atoms with Gasteiger partial charge in [0.15, 0.2) is 4.80 Å². The first kappa shape index (κ1) is 21.4. The fraction of sp³-hybridized carbons (Fsp3) is 0.429. The molecular formula is C21H25N3O3S3. The third-order valence-electron chi connectivity index (χ3n) is 5.62. The number of carbonyl (C=O) groups excluding carboxylic acids is 1. The van der Waals surface area contributed by atoms with E-state index in [1.54, 1.807) is 17.5 Å². The molecule has 1 aliphatic heterocycles. The van der Waals surface area contributed by atoms with Crippen LogP contribution in [0.25, 0.3) is 10.2 Å². The van der Waals surface area contributed by atoms with E-state index < -0.39 is 16.1 Å². The second-order valence-electron chi connectivity index (χ2n) is 7.54.